The molecule has 8 heteroatoms. The number of ether oxygens (including phenoxy) is 3. The number of nitrogens with zero attached hydrogens (tertiary/aromatic N) is 1. The highest BCUT2D eigenvalue weighted by molar-refractivity contribution is 6.51. The monoisotopic (exact) mass is 501 g/mol. The molecule has 0 bridgehead atoms. The van der Waals surface area contributed by atoms with Gasteiger partial charge in [-0.2, -0.15) is 0 Å². The second-order valence-corrected chi connectivity index (χ2v) is 8.37. The number of para-hydroxylation sites is 1. The molecule has 3 aromatic rings. The third-order valence-electron chi connectivity index (χ3n) is 6.17. The Morgan fingerprint density at radius 1 is 0.946 bits per heavy atom. The summed E-state index contributed by atoms with van der Waals surface area (Å²) in [4.78, 5) is 40.3. The standard InChI is InChI=1S/C29H27NO7/c1-5-37-22-14-13-18(15-17(22)2)26(31)24-25(21-11-6-7-12-23(21)35-3)30(28(33)27(24)32)20-10-8-9-19(16-20)29(34)36-4/h6-16,25,31H,5H2,1-4H3/b26-24+. The van der Waals surface area contributed by atoms with E-state index in [2.05, 4.69) is 0 Å². The van der Waals surface area contributed by atoms with Gasteiger partial charge in [0.1, 0.15) is 17.3 Å². The lowest BCUT2D eigenvalue weighted by Crippen LogP contribution is -2.29. The predicted octanol–water partition coefficient (Wildman–Crippen LogP) is 4.82. The molecule has 8 nitrogen and oxygen atoms in total. The molecule has 190 valence electrons. The average molecular weight is 502 g/mol. The van der Waals surface area contributed by atoms with Crippen LogP contribution in [0.25, 0.3) is 5.76 Å². The molecule has 1 amide bonds. The Kier molecular flexibility index (Phi) is 7.29. The molecule has 1 atom stereocenters. The molecular formula is C29H27NO7. The van der Waals surface area contributed by atoms with Crippen LogP contribution >= 0.6 is 0 Å². The zero-order valence-corrected chi connectivity index (χ0v) is 21.0. The molecule has 3 aromatic carbocycles. The molecule has 1 aliphatic rings. The Morgan fingerprint density at radius 3 is 2.38 bits per heavy atom. The molecule has 0 aliphatic carbocycles. The van der Waals surface area contributed by atoms with Crippen LogP contribution in [-0.2, 0) is 14.3 Å². The molecule has 4 rings (SSSR count). The van der Waals surface area contributed by atoms with Gasteiger partial charge in [-0.1, -0.05) is 24.3 Å². The number of aliphatic hydroxyl groups excluding tert-OH is 1. The van der Waals surface area contributed by atoms with E-state index in [9.17, 15) is 19.5 Å². The third kappa shape index (κ3) is 4.65. The van der Waals surface area contributed by atoms with Crippen LogP contribution in [0.3, 0.4) is 0 Å². The second-order valence-electron chi connectivity index (χ2n) is 8.37. The predicted molar refractivity (Wildman–Crippen MR) is 138 cm³/mol. The zero-order valence-electron chi connectivity index (χ0n) is 21.0. The Bertz CT molecular complexity index is 1410. The second kappa shape index (κ2) is 10.6. The maximum absolute atomic E-state index is 13.5. The molecule has 1 saturated heterocycles. The van der Waals surface area contributed by atoms with E-state index >= 15 is 0 Å². The quantitative estimate of drug-likeness (QED) is 0.214. The number of hydrogen-bond acceptors (Lipinski definition) is 7. The number of ketones is 1. The average Bonchev–Trinajstić information content (AvgIpc) is 3.18. The minimum absolute atomic E-state index is 0.0958. The van der Waals surface area contributed by atoms with Crippen LogP contribution in [0, 0.1) is 6.92 Å². The van der Waals surface area contributed by atoms with E-state index in [-0.39, 0.29) is 16.9 Å². The summed E-state index contributed by atoms with van der Waals surface area (Å²) in [5, 5.41) is 11.4. The van der Waals surface area contributed by atoms with Gasteiger partial charge >= 0.3 is 5.97 Å². The lowest BCUT2D eigenvalue weighted by atomic mass is 9.94. The molecule has 37 heavy (non-hydrogen) atoms. The number of amides is 1. The molecule has 1 fully saturated rings. The van der Waals surface area contributed by atoms with Gasteiger partial charge < -0.3 is 19.3 Å². The number of hydrogen-bond donors (Lipinski definition) is 1. The van der Waals surface area contributed by atoms with Crippen molar-refractivity contribution >= 4 is 29.1 Å². The molecule has 1 heterocycles. The number of Topliss-reactive ketones (excluding diaryl/α,β-unsaturated/α-hetero) is 1. The van der Waals surface area contributed by atoms with Gasteiger partial charge in [-0.15, -0.1) is 0 Å². The number of aryl methyl sites for hydroxylation is 1. The Hall–Kier alpha value is -4.59. The van der Waals surface area contributed by atoms with E-state index in [0.29, 0.717) is 34.9 Å². The number of carbonyl (C=O) groups is 3. The van der Waals surface area contributed by atoms with E-state index in [0.717, 1.165) is 5.56 Å². The normalized spacial score (nSPS) is 16.5. The van der Waals surface area contributed by atoms with Crippen LogP contribution in [0.2, 0.25) is 0 Å². The van der Waals surface area contributed by atoms with Crippen LogP contribution in [0.4, 0.5) is 5.69 Å². The Balaban J connectivity index is 1.95. The summed E-state index contributed by atoms with van der Waals surface area (Å²) in [7, 11) is 2.74. The minimum Gasteiger partial charge on any atom is -0.507 e. The van der Waals surface area contributed by atoms with E-state index in [1.807, 2.05) is 13.8 Å². The fourth-order valence-electron chi connectivity index (χ4n) is 4.46. The highest BCUT2D eigenvalue weighted by Gasteiger charge is 2.48. The molecule has 0 radical (unpaired) electrons. The van der Waals surface area contributed by atoms with Gasteiger partial charge in [0.05, 0.1) is 38.0 Å². The molecule has 1 N–H and O–H groups in total. The number of anilines is 1. The van der Waals surface area contributed by atoms with Crippen LogP contribution in [-0.4, -0.2) is 43.6 Å². The van der Waals surface area contributed by atoms with Crippen molar-refractivity contribution in [2.45, 2.75) is 19.9 Å². The summed E-state index contributed by atoms with van der Waals surface area (Å²) in [6.07, 6.45) is 0. The summed E-state index contributed by atoms with van der Waals surface area (Å²) in [6.45, 7) is 4.18. The molecule has 0 aromatic heterocycles. The maximum Gasteiger partial charge on any atom is 0.337 e. The van der Waals surface area contributed by atoms with E-state index in [1.54, 1.807) is 60.7 Å². The highest BCUT2D eigenvalue weighted by atomic mass is 16.5. The van der Waals surface area contributed by atoms with Gasteiger partial charge in [-0.05, 0) is 61.9 Å². The maximum atomic E-state index is 13.5. The topological polar surface area (TPSA) is 102 Å². The van der Waals surface area contributed by atoms with Crippen molar-refractivity contribution in [1.29, 1.82) is 0 Å². The molecular weight excluding hydrogens is 474 g/mol. The number of aliphatic hydroxyl groups is 1. The fraction of sp³-hybridized carbons (Fsp3) is 0.207. The van der Waals surface area contributed by atoms with Crippen LogP contribution in [0.15, 0.2) is 72.3 Å². The van der Waals surface area contributed by atoms with Crippen LogP contribution < -0.4 is 14.4 Å². The Labute approximate surface area is 214 Å². The third-order valence-corrected chi connectivity index (χ3v) is 6.17. The van der Waals surface area contributed by atoms with Crippen LogP contribution in [0.1, 0.15) is 40.0 Å². The minimum atomic E-state index is -1.02. The molecule has 1 aliphatic heterocycles. The number of rotatable bonds is 7. The summed E-state index contributed by atoms with van der Waals surface area (Å²) < 4.78 is 15.9. The van der Waals surface area contributed by atoms with Gasteiger partial charge in [0.2, 0.25) is 0 Å². The number of esters is 1. The van der Waals surface area contributed by atoms with Gasteiger partial charge in [-0.3, -0.25) is 14.5 Å². The largest absolute Gasteiger partial charge is 0.507 e. The first-order chi connectivity index (χ1) is 17.8. The SMILES string of the molecule is CCOc1ccc(/C(O)=C2\C(=O)C(=O)N(c3cccc(C(=O)OC)c3)C2c2ccccc2OC)cc1C. The van der Waals surface area contributed by atoms with Crippen molar-refractivity contribution in [3.05, 3.63) is 94.6 Å². The van der Waals surface area contributed by atoms with Gasteiger partial charge in [-0.25, -0.2) is 4.79 Å². The number of carbonyl (C=O) groups excluding carboxylic acids is 3. The van der Waals surface area contributed by atoms with Crippen molar-refractivity contribution in [3.8, 4) is 11.5 Å². The van der Waals surface area contributed by atoms with E-state index in [1.165, 1.54) is 25.2 Å². The Morgan fingerprint density at radius 2 is 1.70 bits per heavy atom. The number of methoxy groups -OCH3 is 2. The van der Waals surface area contributed by atoms with Crippen molar-refractivity contribution in [2.75, 3.05) is 25.7 Å². The first-order valence-corrected chi connectivity index (χ1v) is 11.7. The fourth-order valence-corrected chi connectivity index (χ4v) is 4.46. The number of benzene rings is 3. The molecule has 0 saturated carbocycles. The van der Waals surface area contributed by atoms with Crippen molar-refractivity contribution < 1.29 is 33.7 Å². The first kappa shape index (κ1) is 25.5. The van der Waals surface area contributed by atoms with Gasteiger partial charge in [0.15, 0.2) is 0 Å². The molecule has 0 spiro atoms. The zero-order chi connectivity index (χ0) is 26.7. The smallest absolute Gasteiger partial charge is 0.337 e. The summed E-state index contributed by atoms with van der Waals surface area (Å²) in [5.41, 5.74) is 2.03. The van der Waals surface area contributed by atoms with Crippen molar-refractivity contribution in [1.82, 2.24) is 0 Å². The van der Waals surface area contributed by atoms with Crippen molar-refractivity contribution in [2.24, 2.45) is 0 Å². The summed E-state index contributed by atoms with van der Waals surface area (Å²) >= 11 is 0. The lowest BCUT2D eigenvalue weighted by molar-refractivity contribution is -0.132. The van der Waals surface area contributed by atoms with E-state index in [4.69, 9.17) is 14.2 Å². The summed E-state index contributed by atoms with van der Waals surface area (Å²) in [6, 6.07) is 17.2. The first-order valence-electron chi connectivity index (χ1n) is 11.7. The highest BCUT2D eigenvalue weighted by Crippen LogP contribution is 2.45. The lowest BCUT2D eigenvalue weighted by Gasteiger charge is -2.27. The van der Waals surface area contributed by atoms with Gasteiger partial charge in [0.25, 0.3) is 11.7 Å². The summed E-state index contributed by atoms with van der Waals surface area (Å²) in [5.74, 6) is -1.53. The van der Waals surface area contributed by atoms with Crippen LogP contribution in [0.5, 0.6) is 11.5 Å². The molecule has 1 unspecified atom stereocenters. The van der Waals surface area contributed by atoms with Gasteiger partial charge in [0, 0.05) is 16.8 Å². The van der Waals surface area contributed by atoms with E-state index < -0.39 is 23.7 Å². The van der Waals surface area contributed by atoms with Crippen molar-refractivity contribution in [3.63, 3.8) is 0 Å².